The summed E-state index contributed by atoms with van der Waals surface area (Å²) in [4.78, 5) is 2.51. The van der Waals surface area contributed by atoms with Gasteiger partial charge in [-0.25, -0.2) is 0 Å². The van der Waals surface area contributed by atoms with Gasteiger partial charge in [0.05, 0.1) is 18.9 Å². The Morgan fingerprint density at radius 2 is 2.10 bits per heavy atom. The summed E-state index contributed by atoms with van der Waals surface area (Å²) in [5.74, 6) is 1.02. The molecule has 1 aromatic rings. The number of para-hydroxylation sites is 2. The Bertz CT molecular complexity index is 452. The van der Waals surface area contributed by atoms with E-state index in [1.807, 2.05) is 7.11 Å². The fourth-order valence-corrected chi connectivity index (χ4v) is 3.58. The smallest absolute Gasteiger partial charge is 0.142 e. The summed E-state index contributed by atoms with van der Waals surface area (Å²) in [6, 6.07) is 8.42. The average Bonchev–Trinajstić information content (AvgIpc) is 2.71. The monoisotopic (exact) mass is 290 g/mol. The van der Waals surface area contributed by atoms with Crippen LogP contribution in [0.25, 0.3) is 0 Å². The highest BCUT2D eigenvalue weighted by atomic mass is 16.5. The van der Waals surface area contributed by atoms with E-state index in [-0.39, 0.29) is 5.41 Å². The van der Waals surface area contributed by atoms with Crippen LogP contribution in [0.1, 0.15) is 19.3 Å². The number of rotatable bonds is 4. The molecule has 0 unspecified atom stereocenters. The SMILES string of the molecule is COCC1(CN2CCCOc3ccccc32)CCNCC1. The lowest BCUT2D eigenvalue weighted by molar-refractivity contribution is 0.0588. The van der Waals surface area contributed by atoms with Crippen molar-refractivity contribution in [3.8, 4) is 5.75 Å². The van der Waals surface area contributed by atoms with Gasteiger partial charge >= 0.3 is 0 Å². The first kappa shape index (κ1) is 14.7. The maximum Gasteiger partial charge on any atom is 0.142 e. The maximum atomic E-state index is 5.88. The van der Waals surface area contributed by atoms with Crippen LogP contribution in [0.5, 0.6) is 5.75 Å². The molecule has 0 bridgehead atoms. The first-order valence-electron chi connectivity index (χ1n) is 7.99. The molecule has 0 aliphatic carbocycles. The van der Waals surface area contributed by atoms with Crippen LogP contribution in [0.4, 0.5) is 5.69 Å². The predicted molar refractivity (Wildman–Crippen MR) is 85.2 cm³/mol. The van der Waals surface area contributed by atoms with Crippen LogP contribution < -0.4 is 15.0 Å². The molecule has 1 saturated heterocycles. The van der Waals surface area contributed by atoms with Crippen molar-refractivity contribution in [2.24, 2.45) is 5.41 Å². The van der Waals surface area contributed by atoms with Crippen molar-refractivity contribution in [1.29, 1.82) is 0 Å². The van der Waals surface area contributed by atoms with Gasteiger partial charge in [-0.05, 0) is 44.5 Å². The third-order valence-corrected chi connectivity index (χ3v) is 4.68. The van der Waals surface area contributed by atoms with Gasteiger partial charge in [0.15, 0.2) is 0 Å². The Morgan fingerprint density at radius 1 is 1.29 bits per heavy atom. The summed E-state index contributed by atoms with van der Waals surface area (Å²) in [5, 5.41) is 3.47. The molecule has 2 aliphatic rings. The molecule has 3 rings (SSSR count). The van der Waals surface area contributed by atoms with Crippen molar-refractivity contribution in [2.75, 3.05) is 51.4 Å². The van der Waals surface area contributed by atoms with E-state index in [0.717, 1.165) is 51.6 Å². The van der Waals surface area contributed by atoms with E-state index in [1.165, 1.54) is 18.5 Å². The molecule has 1 N–H and O–H groups in total. The van der Waals surface area contributed by atoms with Crippen LogP contribution in [-0.2, 0) is 4.74 Å². The van der Waals surface area contributed by atoms with Crippen molar-refractivity contribution in [3.05, 3.63) is 24.3 Å². The molecular formula is C17H26N2O2. The van der Waals surface area contributed by atoms with E-state index in [1.54, 1.807) is 0 Å². The maximum absolute atomic E-state index is 5.88. The summed E-state index contributed by atoms with van der Waals surface area (Å²) in [5.41, 5.74) is 1.50. The van der Waals surface area contributed by atoms with E-state index in [0.29, 0.717) is 0 Å². The number of nitrogens with zero attached hydrogens (tertiary/aromatic N) is 1. The van der Waals surface area contributed by atoms with E-state index in [9.17, 15) is 0 Å². The number of piperidine rings is 1. The molecule has 2 aliphatic heterocycles. The molecule has 4 heteroatoms. The second-order valence-corrected chi connectivity index (χ2v) is 6.27. The second-order valence-electron chi connectivity index (χ2n) is 6.27. The van der Waals surface area contributed by atoms with E-state index in [4.69, 9.17) is 9.47 Å². The predicted octanol–water partition coefficient (Wildman–Crippen LogP) is 2.29. The highest BCUT2D eigenvalue weighted by molar-refractivity contribution is 5.59. The number of fused-ring (bicyclic) bond motifs is 1. The average molecular weight is 290 g/mol. The summed E-state index contributed by atoms with van der Waals surface area (Å²) >= 11 is 0. The number of nitrogens with one attached hydrogen (secondary N) is 1. The van der Waals surface area contributed by atoms with Gasteiger partial charge in [0, 0.05) is 25.6 Å². The highest BCUT2D eigenvalue weighted by Crippen LogP contribution is 2.36. The van der Waals surface area contributed by atoms with Crippen molar-refractivity contribution < 1.29 is 9.47 Å². The lowest BCUT2D eigenvalue weighted by Gasteiger charge is -2.41. The van der Waals surface area contributed by atoms with Crippen molar-refractivity contribution in [2.45, 2.75) is 19.3 Å². The highest BCUT2D eigenvalue weighted by Gasteiger charge is 2.35. The standard InChI is InChI=1S/C17H26N2O2/c1-20-14-17(7-9-18-10-8-17)13-19-11-4-12-21-16-6-3-2-5-15(16)19/h2-3,5-6,18H,4,7-14H2,1H3. The normalized spacial score (nSPS) is 21.3. The summed E-state index contributed by atoms with van der Waals surface area (Å²) in [6.45, 7) is 5.96. The van der Waals surface area contributed by atoms with E-state index < -0.39 is 0 Å². The van der Waals surface area contributed by atoms with Gasteiger partial charge in [0.25, 0.3) is 0 Å². The largest absolute Gasteiger partial charge is 0.491 e. The molecule has 0 radical (unpaired) electrons. The molecule has 4 nitrogen and oxygen atoms in total. The fourth-order valence-electron chi connectivity index (χ4n) is 3.58. The fraction of sp³-hybridized carbons (Fsp3) is 0.647. The number of anilines is 1. The molecule has 0 saturated carbocycles. The quantitative estimate of drug-likeness (QED) is 0.922. The van der Waals surface area contributed by atoms with Gasteiger partial charge in [0.1, 0.15) is 5.75 Å². The lowest BCUT2D eigenvalue weighted by Crippen LogP contribution is -2.47. The first-order chi connectivity index (χ1) is 10.3. The zero-order valence-corrected chi connectivity index (χ0v) is 12.9. The molecule has 1 fully saturated rings. The van der Waals surface area contributed by atoms with Gasteiger partial charge in [-0.3, -0.25) is 0 Å². The third-order valence-electron chi connectivity index (χ3n) is 4.68. The Hall–Kier alpha value is -1.26. The molecule has 2 heterocycles. The topological polar surface area (TPSA) is 33.7 Å². The minimum Gasteiger partial charge on any atom is -0.491 e. The Morgan fingerprint density at radius 3 is 2.90 bits per heavy atom. The van der Waals surface area contributed by atoms with Crippen LogP contribution in [0.15, 0.2) is 24.3 Å². The van der Waals surface area contributed by atoms with Crippen molar-refractivity contribution >= 4 is 5.69 Å². The number of hydrogen-bond acceptors (Lipinski definition) is 4. The van der Waals surface area contributed by atoms with Crippen LogP contribution in [0.2, 0.25) is 0 Å². The summed E-state index contributed by atoms with van der Waals surface area (Å²) in [7, 11) is 1.82. The van der Waals surface area contributed by atoms with E-state index in [2.05, 4.69) is 34.5 Å². The molecule has 0 atom stereocenters. The number of methoxy groups -OCH3 is 1. The van der Waals surface area contributed by atoms with Crippen LogP contribution in [0, 0.1) is 5.41 Å². The Labute approximate surface area is 127 Å². The number of ether oxygens (including phenoxy) is 2. The minimum atomic E-state index is 0.261. The van der Waals surface area contributed by atoms with Gasteiger partial charge in [-0.2, -0.15) is 0 Å². The molecule has 0 amide bonds. The van der Waals surface area contributed by atoms with Crippen LogP contribution >= 0.6 is 0 Å². The van der Waals surface area contributed by atoms with Gasteiger partial charge < -0.3 is 19.7 Å². The molecule has 21 heavy (non-hydrogen) atoms. The van der Waals surface area contributed by atoms with Gasteiger partial charge in [-0.1, -0.05) is 12.1 Å². The lowest BCUT2D eigenvalue weighted by atomic mass is 9.79. The number of benzene rings is 1. The third kappa shape index (κ3) is 3.33. The molecule has 0 spiro atoms. The Kier molecular flexibility index (Phi) is 4.66. The van der Waals surface area contributed by atoms with Crippen LogP contribution in [0.3, 0.4) is 0 Å². The molecular weight excluding hydrogens is 264 g/mol. The van der Waals surface area contributed by atoms with Gasteiger partial charge in [0.2, 0.25) is 0 Å². The van der Waals surface area contributed by atoms with E-state index >= 15 is 0 Å². The second kappa shape index (κ2) is 6.67. The summed E-state index contributed by atoms with van der Waals surface area (Å²) < 4.78 is 11.4. The number of hydrogen-bond donors (Lipinski definition) is 1. The van der Waals surface area contributed by atoms with Crippen molar-refractivity contribution in [1.82, 2.24) is 5.32 Å². The zero-order chi connectivity index (χ0) is 14.5. The minimum absolute atomic E-state index is 0.261. The molecule has 116 valence electrons. The van der Waals surface area contributed by atoms with Crippen LogP contribution in [-0.4, -0.2) is 46.5 Å². The van der Waals surface area contributed by atoms with Crippen molar-refractivity contribution in [3.63, 3.8) is 0 Å². The first-order valence-corrected chi connectivity index (χ1v) is 7.99. The molecule has 0 aromatic heterocycles. The zero-order valence-electron chi connectivity index (χ0n) is 12.9. The van der Waals surface area contributed by atoms with Gasteiger partial charge in [-0.15, -0.1) is 0 Å². The summed E-state index contributed by atoms with van der Waals surface area (Å²) in [6.07, 6.45) is 3.44. The molecule has 1 aromatic carbocycles. The Balaban J connectivity index is 1.81.